The number of hydrogen-bond donors (Lipinski definition) is 3. The van der Waals surface area contributed by atoms with Crippen LogP contribution in [0, 0.1) is 0 Å². The molecule has 80 valence electrons. The highest BCUT2D eigenvalue weighted by atomic mass is 32.2. The van der Waals surface area contributed by atoms with E-state index in [9.17, 15) is 5.02 Å². The van der Waals surface area contributed by atoms with E-state index >= 15 is 0 Å². The van der Waals surface area contributed by atoms with Crippen molar-refractivity contribution in [1.82, 2.24) is 0 Å². The van der Waals surface area contributed by atoms with E-state index in [0.717, 1.165) is 15.9 Å². The van der Waals surface area contributed by atoms with Crippen molar-refractivity contribution in [3.63, 3.8) is 0 Å². The number of thioether (sulfide) groups is 1. The summed E-state index contributed by atoms with van der Waals surface area (Å²) >= 11 is 1.31. The van der Waals surface area contributed by atoms with Crippen LogP contribution in [0.15, 0.2) is 23.1 Å². The van der Waals surface area contributed by atoms with E-state index in [2.05, 4.69) is 0 Å². The molecular formula is C9H12BNO3S. The second-order valence-electron chi connectivity index (χ2n) is 3.28. The number of aliphatic hydroxyl groups excluding tert-OH is 1. The van der Waals surface area contributed by atoms with Gasteiger partial charge in [0.1, 0.15) is 0 Å². The summed E-state index contributed by atoms with van der Waals surface area (Å²) in [5.74, 6) is 0.0239. The molecule has 0 bridgehead atoms. The van der Waals surface area contributed by atoms with E-state index in [4.69, 9.17) is 15.5 Å². The monoisotopic (exact) mass is 225 g/mol. The fourth-order valence-corrected chi connectivity index (χ4v) is 2.23. The quantitative estimate of drug-likeness (QED) is 0.365. The van der Waals surface area contributed by atoms with Gasteiger partial charge in [-0.15, -0.1) is 0 Å². The molecule has 1 aromatic rings. The Morgan fingerprint density at radius 1 is 1.53 bits per heavy atom. The van der Waals surface area contributed by atoms with E-state index in [1.807, 2.05) is 18.2 Å². The summed E-state index contributed by atoms with van der Waals surface area (Å²) in [6, 6.07) is 5.61. The zero-order chi connectivity index (χ0) is 10.8. The summed E-state index contributed by atoms with van der Waals surface area (Å²) in [5, 5.41) is 18.4. The van der Waals surface area contributed by atoms with Gasteiger partial charge in [-0.3, -0.25) is 0 Å². The second kappa shape index (κ2) is 4.55. The third-order valence-corrected chi connectivity index (χ3v) is 3.13. The van der Waals surface area contributed by atoms with Crippen molar-refractivity contribution in [2.75, 3.05) is 12.5 Å². The van der Waals surface area contributed by atoms with Crippen LogP contribution in [-0.4, -0.2) is 29.7 Å². The lowest BCUT2D eigenvalue weighted by atomic mass is 9.79. The molecule has 0 aromatic heterocycles. The molecule has 4 N–H and O–H groups in total. The van der Waals surface area contributed by atoms with Gasteiger partial charge in [0.15, 0.2) is 0 Å². The molecule has 1 aliphatic heterocycles. The first-order valence-corrected chi connectivity index (χ1v) is 5.66. The molecule has 1 atom stereocenters. The molecule has 2 rings (SSSR count). The van der Waals surface area contributed by atoms with Crippen LogP contribution >= 0.6 is 11.8 Å². The lowest BCUT2D eigenvalue weighted by Gasteiger charge is -2.08. The molecule has 0 saturated heterocycles. The van der Waals surface area contributed by atoms with Crippen molar-refractivity contribution in [2.45, 2.75) is 11.0 Å². The summed E-state index contributed by atoms with van der Waals surface area (Å²) in [6.07, 6.45) is -0.219. The van der Waals surface area contributed by atoms with Crippen molar-refractivity contribution in [1.29, 1.82) is 0 Å². The highest BCUT2D eigenvalue weighted by Crippen LogP contribution is 2.25. The average molecular weight is 225 g/mol. The first-order chi connectivity index (χ1) is 7.26. The Balaban J connectivity index is 2.32. The molecule has 0 saturated carbocycles. The summed E-state index contributed by atoms with van der Waals surface area (Å²) in [5.41, 5.74) is 7.22. The van der Waals surface area contributed by atoms with Gasteiger partial charge in [0.05, 0.1) is 12.0 Å². The molecule has 0 spiro atoms. The first kappa shape index (κ1) is 11.0. The van der Waals surface area contributed by atoms with Crippen molar-refractivity contribution in [3.05, 3.63) is 23.8 Å². The van der Waals surface area contributed by atoms with Crippen LogP contribution in [0.3, 0.4) is 0 Å². The Bertz CT molecular complexity index is 363. The number of rotatable bonds is 3. The average Bonchev–Trinajstić information content (AvgIpc) is 2.56. The topological polar surface area (TPSA) is 75.7 Å². The van der Waals surface area contributed by atoms with Crippen LogP contribution in [0.25, 0.3) is 0 Å². The van der Waals surface area contributed by atoms with Crippen LogP contribution in [0.5, 0.6) is 0 Å². The first-order valence-electron chi connectivity index (χ1n) is 4.67. The Labute approximate surface area is 92.6 Å². The molecule has 0 aliphatic carbocycles. The molecule has 0 radical (unpaired) electrons. The number of nitrogens with two attached hydrogens (primary N) is 1. The summed E-state index contributed by atoms with van der Waals surface area (Å²) in [4.78, 5) is 0.913. The van der Waals surface area contributed by atoms with Gasteiger partial charge in [0.2, 0.25) is 0 Å². The van der Waals surface area contributed by atoms with Crippen LogP contribution in [-0.2, 0) is 4.65 Å². The van der Waals surface area contributed by atoms with Crippen LogP contribution in [0.1, 0.15) is 11.7 Å². The summed E-state index contributed by atoms with van der Waals surface area (Å²) in [6.45, 7) is 0.358. The smallest absolute Gasteiger partial charge is 0.423 e. The van der Waals surface area contributed by atoms with Crippen LogP contribution in [0.4, 0.5) is 0 Å². The molecule has 4 nitrogen and oxygen atoms in total. The van der Waals surface area contributed by atoms with Gasteiger partial charge >= 0.3 is 7.12 Å². The minimum absolute atomic E-state index is 0.0239. The van der Waals surface area contributed by atoms with Gasteiger partial charge in [-0.05, 0) is 23.2 Å². The Hall–Kier alpha value is -0.525. The van der Waals surface area contributed by atoms with Gasteiger partial charge in [0.25, 0.3) is 0 Å². The largest absolute Gasteiger partial charge is 0.492 e. The zero-order valence-corrected chi connectivity index (χ0v) is 8.91. The van der Waals surface area contributed by atoms with Crippen molar-refractivity contribution >= 4 is 24.3 Å². The van der Waals surface area contributed by atoms with E-state index in [1.54, 1.807) is 0 Å². The molecule has 0 amide bonds. The second-order valence-corrected chi connectivity index (χ2v) is 4.30. The zero-order valence-electron chi connectivity index (χ0n) is 8.09. The van der Waals surface area contributed by atoms with E-state index in [0.29, 0.717) is 6.54 Å². The number of hydrogen-bond acceptors (Lipinski definition) is 5. The molecular weight excluding hydrogens is 213 g/mol. The third-order valence-electron chi connectivity index (χ3n) is 2.41. The van der Waals surface area contributed by atoms with E-state index < -0.39 is 7.12 Å². The SMILES string of the molecule is NCC1OB(O)c2cc(SCO)ccc21. The molecule has 0 fully saturated rings. The predicted octanol–water partition coefficient (Wildman–Crippen LogP) is -0.554. The van der Waals surface area contributed by atoms with Crippen molar-refractivity contribution in [2.24, 2.45) is 5.73 Å². The van der Waals surface area contributed by atoms with Crippen molar-refractivity contribution in [3.8, 4) is 0 Å². The molecule has 1 aliphatic rings. The number of fused-ring (bicyclic) bond motifs is 1. The summed E-state index contributed by atoms with van der Waals surface area (Å²) in [7, 11) is -0.896. The van der Waals surface area contributed by atoms with Gasteiger partial charge < -0.3 is 20.5 Å². The minimum Gasteiger partial charge on any atom is -0.423 e. The predicted molar refractivity (Wildman–Crippen MR) is 59.9 cm³/mol. The highest BCUT2D eigenvalue weighted by Gasteiger charge is 2.34. The number of aliphatic hydroxyl groups is 1. The maximum atomic E-state index is 9.63. The Morgan fingerprint density at radius 3 is 3.00 bits per heavy atom. The molecule has 1 heterocycles. The lowest BCUT2D eigenvalue weighted by molar-refractivity contribution is 0.198. The Morgan fingerprint density at radius 2 is 2.33 bits per heavy atom. The van der Waals surface area contributed by atoms with Gasteiger partial charge in [0, 0.05) is 11.4 Å². The third kappa shape index (κ3) is 2.04. The maximum Gasteiger partial charge on any atom is 0.492 e. The van der Waals surface area contributed by atoms with Crippen LogP contribution in [0.2, 0.25) is 0 Å². The molecule has 15 heavy (non-hydrogen) atoms. The van der Waals surface area contributed by atoms with Gasteiger partial charge in [-0.2, -0.15) is 0 Å². The Kier molecular flexibility index (Phi) is 3.33. The molecule has 1 aromatic carbocycles. The van der Waals surface area contributed by atoms with Gasteiger partial charge in [-0.25, -0.2) is 0 Å². The van der Waals surface area contributed by atoms with E-state index in [-0.39, 0.29) is 12.0 Å². The fraction of sp³-hybridized carbons (Fsp3) is 0.333. The summed E-state index contributed by atoms with van der Waals surface area (Å²) < 4.78 is 5.27. The minimum atomic E-state index is -0.896. The number of benzene rings is 1. The molecule has 1 unspecified atom stereocenters. The van der Waals surface area contributed by atoms with Crippen molar-refractivity contribution < 1.29 is 14.8 Å². The maximum absolute atomic E-state index is 9.63. The highest BCUT2D eigenvalue weighted by molar-refractivity contribution is 7.99. The normalized spacial score (nSPS) is 19.4. The lowest BCUT2D eigenvalue weighted by Crippen LogP contribution is -2.28. The van der Waals surface area contributed by atoms with E-state index in [1.165, 1.54) is 11.8 Å². The van der Waals surface area contributed by atoms with Gasteiger partial charge in [-0.1, -0.05) is 17.8 Å². The fourth-order valence-electron chi connectivity index (χ4n) is 1.71. The van der Waals surface area contributed by atoms with Crippen LogP contribution < -0.4 is 11.2 Å². The molecule has 6 heteroatoms. The standard InChI is InChI=1S/C9H12BNO3S/c11-4-9-7-2-1-6(15-5-12)3-8(7)10(13)14-9/h1-3,9,12-13H,4-5,11H2.